The monoisotopic (exact) mass is 412 g/mol. The number of rotatable bonds is 6. The molecule has 5 heteroatoms. The number of imide groups is 1. The van der Waals surface area contributed by atoms with Crippen molar-refractivity contribution in [2.24, 2.45) is 0 Å². The molecule has 3 aromatic rings. The lowest BCUT2D eigenvalue weighted by Gasteiger charge is -2.19. The molecule has 0 bridgehead atoms. The molecule has 0 aromatic heterocycles. The first kappa shape index (κ1) is 20.4. The van der Waals surface area contributed by atoms with Gasteiger partial charge in [-0.3, -0.25) is 9.59 Å². The molecule has 31 heavy (non-hydrogen) atoms. The van der Waals surface area contributed by atoms with Crippen LogP contribution in [0.1, 0.15) is 23.6 Å². The summed E-state index contributed by atoms with van der Waals surface area (Å²) in [6, 6.07) is 22.4. The van der Waals surface area contributed by atoms with Crippen LogP contribution in [0, 0.1) is 13.8 Å². The van der Waals surface area contributed by atoms with Gasteiger partial charge in [-0.2, -0.15) is 0 Å². The maximum Gasteiger partial charge on any atom is 0.282 e. The first-order valence-corrected chi connectivity index (χ1v) is 10.2. The first-order chi connectivity index (χ1) is 15.0. The van der Waals surface area contributed by atoms with Crippen LogP contribution in [0.3, 0.4) is 0 Å². The Bertz CT molecular complexity index is 1180. The molecule has 0 saturated carbocycles. The Morgan fingerprint density at radius 3 is 2.29 bits per heavy atom. The van der Waals surface area contributed by atoms with Crippen molar-refractivity contribution in [2.75, 3.05) is 16.8 Å². The van der Waals surface area contributed by atoms with E-state index in [2.05, 4.69) is 5.32 Å². The fraction of sp³-hybridized carbons (Fsp3) is 0.154. The van der Waals surface area contributed by atoms with Crippen LogP contribution < -0.4 is 15.0 Å². The summed E-state index contributed by atoms with van der Waals surface area (Å²) in [6.07, 6.45) is 0. The lowest BCUT2D eigenvalue weighted by atomic mass is 10.0. The van der Waals surface area contributed by atoms with Gasteiger partial charge in [0.25, 0.3) is 11.8 Å². The predicted octanol–water partition coefficient (Wildman–Crippen LogP) is 5.10. The number of benzene rings is 3. The number of aryl methyl sites for hydroxylation is 2. The van der Waals surface area contributed by atoms with Crippen LogP contribution in [0.2, 0.25) is 0 Å². The van der Waals surface area contributed by atoms with E-state index in [4.69, 9.17) is 4.74 Å². The summed E-state index contributed by atoms with van der Waals surface area (Å²) in [7, 11) is 0. The highest BCUT2D eigenvalue weighted by Gasteiger charge is 2.41. The number of nitrogens with one attached hydrogen (secondary N) is 1. The van der Waals surface area contributed by atoms with Gasteiger partial charge in [-0.05, 0) is 56.2 Å². The maximum atomic E-state index is 13.6. The molecule has 156 valence electrons. The second-order valence-corrected chi connectivity index (χ2v) is 7.46. The number of anilines is 2. The number of hydrogen-bond acceptors (Lipinski definition) is 4. The third-order valence-electron chi connectivity index (χ3n) is 5.12. The van der Waals surface area contributed by atoms with E-state index in [0.29, 0.717) is 29.2 Å². The van der Waals surface area contributed by atoms with E-state index in [9.17, 15) is 9.59 Å². The molecule has 3 aromatic carbocycles. The molecule has 1 aliphatic heterocycles. The van der Waals surface area contributed by atoms with Gasteiger partial charge >= 0.3 is 0 Å². The number of carbonyl (C=O) groups excluding carboxylic acids is 2. The zero-order valence-corrected chi connectivity index (χ0v) is 17.8. The van der Waals surface area contributed by atoms with Gasteiger partial charge in [0.05, 0.1) is 17.9 Å². The normalized spacial score (nSPS) is 13.7. The van der Waals surface area contributed by atoms with Gasteiger partial charge in [-0.1, -0.05) is 54.1 Å². The third-order valence-corrected chi connectivity index (χ3v) is 5.12. The van der Waals surface area contributed by atoms with Crippen molar-refractivity contribution in [3.8, 4) is 5.75 Å². The minimum Gasteiger partial charge on any atom is -0.492 e. The van der Waals surface area contributed by atoms with Crippen molar-refractivity contribution in [1.29, 1.82) is 0 Å². The molecule has 0 fully saturated rings. The smallest absolute Gasteiger partial charge is 0.282 e. The zero-order chi connectivity index (χ0) is 22.0. The van der Waals surface area contributed by atoms with E-state index in [1.165, 1.54) is 4.90 Å². The van der Waals surface area contributed by atoms with Gasteiger partial charge in [-0.25, -0.2) is 4.90 Å². The average molecular weight is 412 g/mol. The van der Waals surface area contributed by atoms with E-state index in [-0.39, 0.29) is 11.6 Å². The van der Waals surface area contributed by atoms with Crippen LogP contribution in [0.25, 0.3) is 5.57 Å². The largest absolute Gasteiger partial charge is 0.492 e. The third kappa shape index (κ3) is 3.94. The standard InChI is InChI=1S/C26H24N2O3/c1-4-31-22-11-6-5-10-21(22)28-25(29)23(19-14-12-17(2)13-15-19)24(26(28)30)27-20-9-7-8-18(3)16-20/h5-16,27H,4H2,1-3H3. The minimum absolute atomic E-state index is 0.255. The Morgan fingerprint density at radius 2 is 1.58 bits per heavy atom. The van der Waals surface area contributed by atoms with Crippen molar-refractivity contribution < 1.29 is 14.3 Å². The first-order valence-electron chi connectivity index (χ1n) is 10.2. The van der Waals surface area contributed by atoms with Crippen LogP contribution in [0.4, 0.5) is 11.4 Å². The summed E-state index contributed by atoms with van der Waals surface area (Å²) < 4.78 is 5.69. The molecule has 0 spiro atoms. The van der Waals surface area contributed by atoms with Crippen LogP contribution in [0.15, 0.2) is 78.5 Å². The molecule has 0 radical (unpaired) electrons. The molecule has 4 rings (SSSR count). The van der Waals surface area contributed by atoms with E-state index >= 15 is 0 Å². The van der Waals surface area contributed by atoms with Crippen LogP contribution >= 0.6 is 0 Å². The zero-order valence-electron chi connectivity index (χ0n) is 17.8. The summed E-state index contributed by atoms with van der Waals surface area (Å²) >= 11 is 0. The Morgan fingerprint density at radius 1 is 0.839 bits per heavy atom. The summed E-state index contributed by atoms with van der Waals surface area (Å²) in [5, 5.41) is 3.20. The number of ether oxygens (including phenoxy) is 1. The molecular weight excluding hydrogens is 388 g/mol. The summed E-state index contributed by atoms with van der Waals surface area (Å²) in [5.41, 5.74) is 4.61. The Kier molecular flexibility index (Phi) is 5.58. The highest BCUT2D eigenvalue weighted by Crippen LogP contribution is 2.37. The number of hydrogen-bond donors (Lipinski definition) is 1. The van der Waals surface area contributed by atoms with Gasteiger partial charge in [0.15, 0.2) is 0 Å². The minimum atomic E-state index is -0.408. The van der Waals surface area contributed by atoms with E-state index in [1.807, 2.05) is 75.4 Å². The van der Waals surface area contributed by atoms with Crippen molar-refractivity contribution in [3.05, 3.63) is 95.2 Å². The highest BCUT2D eigenvalue weighted by molar-refractivity contribution is 6.46. The maximum absolute atomic E-state index is 13.6. The number of amides is 2. The van der Waals surface area contributed by atoms with Crippen LogP contribution in [0.5, 0.6) is 5.75 Å². The molecule has 0 atom stereocenters. The second kappa shape index (κ2) is 8.48. The molecule has 1 heterocycles. The molecule has 1 aliphatic rings. The molecule has 0 saturated heterocycles. The summed E-state index contributed by atoms with van der Waals surface area (Å²) in [5.74, 6) is -0.294. The van der Waals surface area contributed by atoms with E-state index < -0.39 is 5.91 Å². The predicted molar refractivity (Wildman–Crippen MR) is 123 cm³/mol. The van der Waals surface area contributed by atoms with Crippen molar-refractivity contribution >= 4 is 28.8 Å². The molecule has 1 N–H and O–H groups in total. The van der Waals surface area contributed by atoms with Crippen LogP contribution in [-0.4, -0.2) is 18.4 Å². The van der Waals surface area contributed by atoms with E-state index in [0.717, 1.165) is 16.8 Å². The van der Waals surface area contributed by atoms with Crippen LogP contribution in [-0.2, 0) is 9.59 Å². The van der Waals surface area contributed by atoms with Gasteiger partial charge in [0.1, 0.15) is 11.4 Å². The van der Waals surface area contributed by atoms with Crippen molar-refractivity contribution in [1.82, 2.24) is 0 Å². The SMILES string of the molecule is CCOc1ccccc1N1C(=O)C(Nc2cccc(C)c2)=C(c2ccc(C)cc2)C1=O. The van der Waals surface area contributed by atoms with Gasteiger partial charge in [0, 0.05) is 5.69 Å². The molecular formula is C26H24N2O3. The fourth-order valence-corrected chi connectivity index (χ4v) is 3.64. The van der Waals surface area contributed by atoms with Crippen molar-refractivity contribution in [3.63, 3.8) is 0 Å². The number of carbonyl (C=O) groups is 2. The fourth-order valence-electron chi connectivity index (χ4n) is 3.64. The van der Waals surface area contributed by atoms with Crippen molar-refractivity contribution in [2.45, 2.75) is 20.8 Å². The number of nitrogens with zero attached hydrogens (tertiary/aromatic N) is 1. The van der Waals surface area contributed by atoms with Gasteiger partial charge in [0.2, 0.25) is 0 Å². The average Bonchev–Trinajstić information content (AvgIpc) is 2.99. The molecule has 5 nitrogen and oxygen atoms in total. The Hall–Kier alpha value is -3.86. The lowest BCUT2D eigenvalue weighted by Crippen LogP contribution is -2.32. The Balaban J connectivity index is 1.83. The second-order valence-electron chi connectivity index (χ2n) is 7.46. The van der Waals surface area contributed by atoms with Gasteiger partial charge in [-0.15, -0.1) is 0 Å². The quantitative estimate of drug-likeness (QED) is 0.573. The number of para-hydroxylation sites is 2. The lowest BCUT2D eigenvalue weighted by molar-refractivity contribution is -0.120. The molecule has 0 aliphatic carbocycles. The summed E-state index contributed by atoms with van der Waals surface area (Å²) in [6.45, 7) is 6.26. The Labute approximate surface area is 182 Å². The molecule has 2 amide bonds. The summed E-state index contributed by atoms with van der Waals surface area (Å²) in [4.78, 5) is 28.3. The van der Waals surface area contributed by atoms with Gasteiger partial charge < -0.3 is 10.1 Å². The molecule has 0 unspecified atom stereocenters. The highest BCUT2D eigenvalue weighted by atomic mass is 16.5. The topological polar surface area (TPSA) is 58.6 Å². The van der Waals surface area contributed by atoms with E-state index in [1.54, 1.807) is 18.2 Å².